The van der Waals surface area contributed by atoms with Crippen molar-refractivity contribution >= 4 is 10.0 Å². The summed E-state index contributed by atoms with van der Waals surface area (Å²) in [5.74, 6) is 0. The van der Waals surface area contributed by atoms with Crippen LogP contribution in [0.5, 0.6) is 0 Å². The Kier molecular flexibility index (Phi) is 6.13. The first kappa shape index (κ1) is 16.6. The molecule has 0 aromatic heterocycles. The maximum absolute atomic E-state index is 12.7. The minimum Gasteiger partial charge on any atom is -0.326 e. The van der Waals surface area contributed by atoms with Crippen LogP contribution in [-0.2, 0) is 23.0 Å². The van der Waals surface area contributed by atoms with E-state index in [9.17, 15) is 8.42 Å². The van der Waals surface area contributed by atoms with Crippen LogP contribution in [0.1, 0.15) is 18.1 Å². The molecule has 1 aromatic carbocycles. The van der Waals surface area contributed by atoms with Crippen LogP contribution in [0.2, 0.25) is 0 Å². The maximum Gasteiger partial charge on any atom is 0.243 e. The molecule has 0 spiro atoms. The average molecular weight is 294 g/mol. The molecule has 0 aliphatic rings. The molecule has 0 unspecified atom stereocenters. The van der Waals surface area contributed by atoms with Gasteiger partial charge in [0.15, 0.2) is 0 Å². The minimum absolute atomic E-state index is 0.254. The van der Waals surface area contributed by atoms with Gasteiger partial charge in [0.25, 0.3) is 0 Å². The van der Waals surface area contributed by atoms with E-state index in [0.717, 1.165) is 11.1 Å². The molecule has 1 rings (SSSR count). The van der Waals surface area contributed by atoms with Crippen LogP contribution in [0.25, 0.3) is 0 Å². The quantitative estimate of drug-likeness (QED) is 0.747. The van der Waals surface area contributed by atoms with Crippen LogP contribution in [-0.4, -0.2) is 25.8 Å². The largest absolute Gasteiger partial charge is 0.326 e. The van der Waals surface area contributed by atoms with Gasteiger partial charge in [0.05, 0.1) is 4.90 Å². The summed E-state index contributed by atoms with van der Waals surface area (Å²) >= 11 is 0. The second kappa shape index (κ2) is 7.38. The molecule has 20 heavy (non-hydrogen) atoms. The van der Waals surface area contributed by atoms with E-state index in [1.165, 1.54) is 4.31 Å². The third kappa shape index (κ3) is 3.56. The molecule has 0 amide bonds. The van der Waals surface area contributed by atoms with Crippen molar-refractivity contribution in [1.29, 1.82) is 0 Å². The highest BCUT2D eigenvalue weighted by Gasteiger charge is 2.25. The number of benzene rings is 1. The number of hydrogen-bond acceptors (Lipinski definition) is 3. The fourth-order valence-electron chi connectivity index (χ4n) is 1.96. The maximum atomic E-state index is 12.7. The molecule has 0 atom stereocenters. The van der Waals surface area contributed by atoms with Crippen molar-refractivity contribution in [2.24, 2.45) is 5.73 Å². The first-order valence-corrected chi connectivity index (χ1v) is 7.99. The Morgan fingerprint density at radius 3 is 2.30 bits per heavy atom. The zero-order chi connectivity index (χ0) is 15.2. The molecule has 110 valence electrons. The Morgan fingerprint density at radius 1 is 1.25 bits per heavy atom. The van der Waals surface area contributed by atoms with Crippen molar-refractivity contribution < 1.29 is 8.42 Å². The van der Waals surface area contributed by atoms with Gasteiger partial charge >= 0.3 is 0 Å². The smallest absolute Gasteiger partial charge is 0.243 e. The highest BCUT2D eigenvalue weighted by Crippen LogP contribution is 2.22. The van der Waals surface area contributed by atoms with E-state index in [-0.39, 0.29) is 13.1 Å². The van der Waals surface area contributed by atoms with Gasteiger partial charge in [0.2, 0.25) is 10.0 Å². The Hall–Kier alpha value is -1.43. The van der Waals surface area contributed by atoms with Crippen molar-refractivity contribution in [2.45, 2.75) is 24.8 Å². The molecule has 0 saturated carbocycles. The molecule has 2 N–H and O–H groups in total. The van der Waals surface area contributed by atoms with Gasteiger partial charge in [-0.05, 0) is 23.6 Å². The van der Waals surface area contributed by atoms with Gasteiger partial charge in [-0.25, -0.2) is 8.42 Å². The first-order valence-electron chi connectivity index (χ1n) is 6.55. The minimum atomic E-state index is -3.57. The number of nitrogens with zero attached hydrogens (tertiary/aromatic N) is 1. The topological polar surface area (TPSA) is 63.4 Å². The predicted molar refractivity (Wildman–Crippen MR) is 82.9 cm³/mol. The molecule has 0 heterocycles. The SMILES string of the molecule is C=CCN(CC=C)S(=O)(=O)c1cc(CN)ccc1CC. The van der Waals surface area contributed by atoms with Crippen LogP contribution in [0, 0.1) is 0 Å². The van der Waals surface area contributed by atoms with E-state index in [1.54, 1.807) is 18.2 Å². The van der Waals surface area contributed by atoms with Crippen LogP contribution in [0.3, 0.4) is 0 Å². The lowest BCUT2D eigenvalue weighted by Crippen LogP contribution is -2.32. The summed E-state index contributed by atoms with van der Waals surface area (Å²) in [6.07, 6.45) is 3.79. The third-order valence-corrected chi connectivity index (χ3v) is 4.95. The Bertz CT molecular complexity index is 570. The predicted octanol–water partition coefficient (Wildman–Crippen LogP) is 2.07. The van der Waals surface area contributed by atoms with Crippen LogP contribution in [0.15, 0.2) is 48.4 Å². The molecule has 5 heteroatoms. The lowest BCUT2D eigenvalue weighted by Gasteiger charge is -2.21. The van der Waals surface area contributed by atoms with Crippen LogP contribution < -0.4 is 5.73 Å². The van der Waals surface area contributed by atoms with Gasteiger partial charge in [-0.3, -0.25) is 0 Å². The van der Waals surface area contributed by atoms with Crippen LogP contribution >= 0.6 is 0 Å². The summed E-state index contributed by atoms with van der Waals surface area (Å²) in [7, 11) is -3.57. The molecular formula is C15H22N2O2S. The number of hydrogen-bond donors (Lipinski definition) is 1. The number of aryl methyl sites for hydroxylation is 1. The number of rotatable bonds is 8. The number of sulfonamides is 1. The molecular weight excluding hydrogens is 272 g/mol. The molecule has 0 saturated heterocycles. The summed E-state index contributed by atoms with van der Waals surface area (Å²) in [5.41, 5.74) is 7.20. The molecule has 0 bridgehead atoms. The summed E-state index contributed by atoms with van der Waals surface area (Å²) < 4.78 is 26.8. The monoisotopic (exact) mass is 294 g/mol. The standard InChI is InChI=1S/C15H22N2O2S/c1-4-9-17(10-5-2)20(18,19)15-11-13(12-16)7-8-14(15)6-3/h4-5,7-8,11H,1-2,6,9-10,12,16H2,3H3. The van der Waals surface area contributed by atoms with Gasteiger partial charge in [0.1, 0.15) is 0 Å². The van der Waals surface area contributed by atoms with Crippen molar-refractivity contribution in [3.05, 3.63) is 54.6 Å². The normalized spacial score (nSPS) is 11.6. The highest BCUT2D eigenvalue weighted by atomic mass is 32.2. The molecule has 0 fully saturated rings. The lowest BCUT2D eigenvalue weighted by atomic mass is 10.1. The summed E-state index contributed by atoms with van der Waals surface area (Å²) in [4.78, 5) is 0.326. The van der Waals surface area contributed by atoms with E-state index in [2.05, 4.69) is 13.2 Å². The summed E-state index contributed by atoms with van der Waals surface area (Å²) in [6.45, 7) is 9.97. The van der Waals surface area contributed by atoms with E-state index < -0.39 is 10.0 Å². The Labute approximate surface area is 121 Å². The summed E-state index contributed by atoms with van der Waals surface area (Å²) in [6, 6.07) is 5.35. The van der Waals surface area contributed by atoms with Crippen molar-refractivity contribution in [3.63, 3.8) is 0 Å². The molecule has 4 nitrogen and oxygen atoms in total. The fourth-order valence-corrected chi connectivity index (χ4v) is 3.68. The van der Waals surface area contributed by atoms with Crippen LogP contribution in [0.4, 0.5) is 0 Å². The fraction of sp³-hybridized carbons (Fsp3) is 0.333. The van der Waals surface area contributed by atoms with Crippen molar-refractivity contribution in [3.8, 4) is 0 Å². The van der Waals surface area contributed by atoms with E-state index in [0.29, 0.717) is 17.9 Å². The average Bonchev–Trinajstić information content (AvgIpc) is 2.46. The van der Waals surface area contributed by atoms with Gasteiger partial charge in [-0.15, -0.1) is 13.2 Å². The van der Waals surface area contributed by atoms with E-state index in [1.807, 2.05) is 19.1 Å². The lowest BCUT2D eigenvalue weighted by molar-refractivity contribution is 0.473. The first-order chi connectivity index (χ1) is 9.51. The molecule has 1 aromatic rings. The number of nitrogens with two attached hydrogens (primary N) is 1. The molecule has 0 aliphatic carbocycles. The molecule has 0 radical (unpaired) electrons. The van der Waals surface area contributed by atoms with Gasteiger partial charge in [0, 0.05) is 19.6 Å². The van der Waals surface area contributed by atoms with Crippen molar-refractivity contribution in [2.75, 3.05) is 13.1 Å². The second-order valence-electron chi connectivity index (χ2n) is 4.40. The van der Waals surface area contributed by atoms with E-state index >= 15 is 0 Å². The van der Waals surface area contributed by atoms with Gasteiger partial charge in [-0.2, -0.15) is 4.31 Å². The Morgan fingerprint density at radius 2 is 1.85 bits per heavy atom. The molecule has 0 aliphatic heterocycles. The van der Waals surface area contributed by atoms with Gasteiger partial charge < -0.3 is 5.73 Å². The van der Waals surface area contributed by atoms with E-state index in [4.69, 9.17) is 5.73 Å². The third-order valence-electron chi connectivity index (χ3n) is 3.03. The van der Waals surface area contributed by atoms with Gasteiger partial charge in [-0.1, -0.05) is 31.2 Å². The zero-order valence-corrected chi connectivity index (χ0v) is 12.7. The zero-order valence-electron chi connectivity index (χ0n) is 11.9. The highest BCUT2D eigenvalue weighted by molar-refractivity contribution is 7.89. The Balaban J connectivity index is 3.37. The second-order valence-corrected chi connectivity index (χ2v) is 6.31. The summed E-state index contributed by atoms with van der Waals surface area (Å²) in [5, 5.41) is 0. The van der Waals surface area contributed by atoms with Crippen molar-refractivity contribution in [1.82, 2.24) is 4.31 Å².